The highest BCUT2D eigenvalue weighted by molar-refractivity contribution is 5.84. The third-order valence-electron chi connectivity index (χ3n) is 6.58. The van der Waals surface area contributed by atoms with Gasteiger partial charge in [0.15, 0.2) is 5.41 Å². The van der Waals surface area contributed by atoms with Crippen LogP contribution in [-0.2, 0) is 19.1 Å². The second-order valence-electron chi connectivity index (χ2n) is 8.80. The van der Waals surface area contributed by atoms with Gasteiger partial charge in [0, 0.05) is 11.8 Å². The Morgan fingerprint density at radius 1 is 1.46 bits per heavy atom. The fraction of sp³-hybridized carbons (Fsp3) is 0.842. The lowest BCUT2D eigenvalue weighted by molar-refractivity contribution is -0.174. The molecule has 1 saturated heterocycles. The molecule has 132 valence electrons. The lowest BCUT2D eigenvalue weighted by Gasteiger charge is -2.36. The Morgan fingerprint density at radius 3 is 2.67 bits per heavy atom. The van der Waals surface area contributed by atoms with Gasteiger partial charge in [-0.25, -0.2) is 0 Å². The highest BCUT2D eigenvalue weighted by Crippen LogP contribution is 2.62. The molecule has 3 fully saturated rings. The number of rotatable bonds is 5. The summed E-state index contributed by atoms with van der Waals surface area (Å²) < 4.78 is 11.4. The molecular formula is C19H27NO4. The van der Waals surface area contributed by atoms with Gasteiger partial charge in [-0.1, -0.05) is 27.7 Å². The van der Waals surface area contributed by atoms with Crippen molar-refractivity contribution in [2.75, 3.05) is 0 Å². The van der Waals surface area contributed by atoms with Crippen LogP contribution in [0, 0.1) is 45.8 Å². The number of hydrogen-bond acceptors (Lipinski definition) is 5. The average Bonchev–Trinajstić information content (AvgIpc) is 3.08. The molecular weight excluding hydrogens is 306 g/mol. The molecule has 1 aliphatic heterocycles. The minimum Gasteiger partial charge on any atom is -0.458 e. The highest BCUT2D eigenvalue weighted by atomic mass is 16.6. The first kappa shape index (κ1) is 17.3. The fourth-order valence-corrected chi connectivity index (χ4v) is 4.95. The third-order valence-corrected chi connectivity index (χ3v) is 6.58. The molecule has 0 aromatic carbocycles. The minimum absolute atomic E-state index is 0.0607. The van der Waals surface area contributed by atoms with Crippen LogP contribution in [0.15, 0.2) is 0 Å². The number of esters is 2. The quantitative estimate of drug-likeness (QED) is 0.723. The normalized spacial score (nSPS) is 39.0. The van der Waals surface area contributed by atoms with Crippen molar-refractivity contribution in [2.45, 2.75) is 66.1 Å². The van der Waals surface area contributed by atoms with Gasteiger partial charge in [-0.2, -0.15) is 5.26 Å². The van der Waals surface area contributed by atoms with Gasteiger partial charge in [0.25, 0.3) is 0 Å². The lowest BCUT2D eigenvalue weighted by atomic mass is 9.72. The maximum atomic E-state index is 13.0. The van der Waals surface area contributed by atoms with Crippen molar-refractivity contribution in [3.63, 3.8) is 0 Å². The first-order valence-electron chi connectivity index (χ1n) is 8.99. The number of hydrogen-bond donors (Lipinski definition) is 0. The number of nitrogens with zero attached hydrogens (tertiary/aromatic N) is 1. The zero-order chi connectivity index (χ0) is 17.9. The molecule has 1 heterocycles. The number of nitriles is 1. The topological polar surface area (TPSA) is 76.4 Å². The second-order valence-corrected chi connectivity index (χ2v) is 8.80. The van der Waals surface area contributed by atoms with Crippen LogP contribution in [0.3, 0.4) is 0 Å². The van der Waals surface area contributed by atoms with E-state index in [4.69, 9.17) is 9.47 Å². The van der Waals surface area contributed by atoms with E-state index in [1.54, 1.807) is 0 Å². The van der Waals surface area contributed by atoms with Gasteiger partial charge in [-0.05, 0) is 38.0 Å². The Kier molecular flexibility index (Phi) is 3.94. The largest absolute Gasteiger partial charge is 0.458 e. The van der Waals surface area contributed by atoms with Crippen molar-refractivity contribution in [1.82, 2.24) is 0 Å². The minimum atomic E-state index is -0.989. The average molecular weight is 333 g/mol. The molecule has 0 N–H and O–H groups in total. The Labute approximate surface area is 143 Å². The van der Waals surface area contributed by atoms with E-state index < -0.39 is 22.9 Å². The van der Waals surface area contributed by atoms with Crippen molar-refractivity contribution in [3.05, 3.63) is 0 Å². The molecule has 2 aliphatic carbocycles. The SMILES string of the molecule is CC(C)CC(C)(C(=O)OC1C2CC3C1OC(=O)C3(C#N)C2)C(C)C. The number of carbonyl (C=O) groups is 2. The van der Waals surface area contributed by atoms with Gasteiger partial charge in [0.2, 0.25) is 0 Å². The third kappa shape index (κ3) is 2.18. The molecule has 6 unspecified atom stereocenters. The summed E-state index contributed by atoms with van der Waals surface area (Å²) in [4.78, 5) is 25.1. The van der Waals surface area contributed by atoms with Crippen LogP contribution in [0.5, 0.6) is 0 Å². The summed E-state index contributed by atoms with van der Waals surface area (Å²) in [6.07, 6.45) is 1.14. The van der Waals surface area contributed by atoms with Crippen molar-refractivity contribution >= 4 is 11.9 Å². The summed E-state index contributed by atoms with van der Waals surface area (Å²) in [7, 11) is 0. The molecule has 0 aromatic heterocycles. The van der Waals surface area contributed by atoms with Crippen molar-refractivity contribution in [2.24, 2.45) is 34.5 Å². The smallest absolute Gasteiger partial charge is 0.327 e. The van der Waals surface area contributed by atoms with Crippen LogP contribution in [0.25, 0.3) is 0 Å². The number of fused-ring (bicyclic) bond motifs is 1. The van der Waals surface area contributed by atoms with Gasteiger partial charge in [0.05, 0.1) is 11.5 Å². The molecule has 5 nitrogen and oxygen atoms in total. The summed E-state index contributed by atoms with van der Waals surface area (Å²) >= 11 is 0. The van der Waals surface area contributed by atoms with E-state index in [-0.39, 0.29) is 29.8 Å². The summed E-state index contributed by atoms with van der Waals surface area (Å²) in [5.41, 5.74) is -1.54. The summed E-state index contributed by atoms with van der Waals surface area (Å²) in [5.74, 6) is -0.126. The monoisotopic (exact) mass is 333 g/mol. The molecule has 6 atom stereocenters. The van der Waals surface area contributed by atoms with Gasteiger partial charge in [-0.15, -0.1) is 0 Å². The van der Waals surface area contributed by atoms with E-state index in [0.29, 0.717) is 12.3 Å². The molecule has 0 radical (unpaired) electrons. The van der Waals surface area contributed by atoms with Gasteiger partial charge in [0.1, 0.15) is 12.2 Å². The van der Waals surface area contributed by atoms with Gasteiger partial charge < -0.3 is 9.47 Å². The zero-order valence-electron chi connectivity index (χ0n) is 15.2. The van der Waals surface area contributed by atoms with E-state index >= 15 is 0 Å². The Balaban J connectivity index is 1.78. The van der Waals surface area contributed by atoms with E-state index in [1.807, 2.05) is 20.8 Å². The van der Waals surface area contributed by atoms with Crippen molar-refractivity contribution in [1.29, 1.82) is 5.26 Å². The van der Waals surface area contributed by atoms with Gasteiger partial charge >= 0.3 is 11.9 Å². The second kappa shape index (κ2) is 5.47. The molecule has 24 heavy (non-hydrogen) atoms. The summed E-state index contributed by atoms with van der Waals surface area (Å²) in [6, 6.07) is 2.18. The molecule has 3 aliphatic rings. The lowest BCUT2D eigenvalue weighted by Crippen LogP contribution is -2.44. The summed E-state index contributed by atoms with van der Waals surface area (Å²) in [5, 5.41) is 9.45. The molecule has 0 aromatic rings. The van der Waals surface area contributed by atoms with E-state index in [2.05, 4.69) is 19.9 Å². The summed E-state index contributed by atoms with van der Waals surface area (Å²) in [6.45, 7) is 10.3. The molecule has 2 bridgehead atoms. The highest BCUT2D eigenvalue weighted by Gasteiger charge is 2.72. The molecule has 5 heteroatoms. The van der Waals surface area contributed by atoms with Crippen LogP contribution in [0.2, 0.25) is 0 Å². The molecule has 2 saturated carbocycles. The van der Waals surface area contributed by atoms with Crippen LogP contribution in [-0.4, -0.2) is 24.1 Å². The van der Waals surface area contributed by atoms with E-state index in [9.17, 15) is 14.9 Å². The Bertz CT molecular complexity index is 607. The Hall–Kier alpha value is -1.57. The van der Waals surface area contributed by atoms with Crippen LogP contribution in [0.1, 0.15) is 53.9 Å². The number of carbonyl (C=O) groups excluding carboxylic acids is 2. The predicted octanol–water partition coefficient (Wildman–Crippen LogP) is 3.08. The number of ether oxygens (including phenoxy) is 2. The standard InChI is InChI=1S/C19H27NO4/c1-10(2)7-18(5,11(3)4)16(21)23-14-12-6-13-15(14)24-17(22)19(13,8-12)9-20/h10-15H,6-8H2,1-5H3. The van der Waals surface area contributed by atoms with Crippen molar-refractivity contribution < 1.29 is 19.1 Å². The molecule has 3 rings (SSSR count). The molecule has 0 amide bonds. The van der Waals surface area contributed by atoms with Crippen LogP contribution < -0.4 is 0 Å². The zero-order valence-corrected chi connectivity index (χ0v) is 15.2. The maximum absolute atomic E-state index is 13.0. The van der Waals surface area contributed by atoms with Crippen molar-refractivity contribution in [3.8, 4) is 6.07 Å². The van der Waals surface area contributed by atoms with E-state index in [1.165, 1.54) is 0 Å². The van der Waals surface area contributed by atoms with Gasteiger partial charge in [-0.3, -0.25) is 9.59 Å². The maximum Gasteiger partial charge on any atom is 0.327 e. The predicted molar refractivity (Wildman–Crippen MR) is 86.4 cm³/mol. The van der Waals surface area contributed by atoms with E-state index in [0.717, 1.165) is 12.8 Å². The Morgan fingerprint density at radius 2 is 2.12 bits per heavy atom. The first-order valence-corrected chi connectivity index (χ1v) is 8.99. The van der Waals surface area contributed by atoms with Crippen LogP contribution in [0.4, 0.5) is 0 Å². The van der Waals surface area contributed by atoms with Crippen LogP contribution >= 0.6 is 0 Å². The fourth-order valence-electron chi connectivity index (χ4n) is 4.95. The molecule has 0 spiro atoms. The first-order chi connectivity index (χ1) is 11.2.